The number of aliphatic carboxylic acids is 1. The number of benzene rings is 1. The molecule has 0 saturated carbocycles. The molecule has 2 aromatic heterocycles. The van der Waals surface area contributed by atoms with Crippen molar-refractivity contribution in [2.24, 2.45) is 18.4 Å². The van der Waals surface area contributed by atoms with Gasteiger partial charge in [0.15, 0.2) is 5.69 Å². The molecule has 0 unspecified atom stereocenters. The minimum Gasteiger partial charge on any atom is -0.481 e. The van der Waals surface area contributed by atoms with Crippen molar-refractivity contribution in [1.29, 1.82) is 0 Å². The number of hydrogen-bond donors (Lipinski definition) is 1. The number of nitrogens with zero attached hydrogens (tertiary/aromatic N) is 5. The summed E-state index contributed by atoms with van der Waals surface area (Å²) >= 11 is 0. The Labute approximate surface area is 206 Å². The van der Waals surface area contributed by atoms with Gasteiger partial charge >= 0.3 is 12.1 Å². The maximum atomic E-state index is 13.9. The predicted molar refractivity (Wildman–Crippen MR) is 124 cm³/mol. The van der Waals surface area contributed by atoms with Crippen LogP contribution in [0.1, 0.15) is 42.7 Å². The summed E-state index contributed by atoms with van der Waals surface area (Å²) in [5, 5.41) is 17.5. The third kappa shape index (κ3) is 4.63. The molecule has 0 bridgehead atoms. The molecule has 3 heterocycles. The normalized spacial score (nSPS) is 18.2. The van der Waals surface area contributed by atoms with E-state index in [-0.39, 0.29) is 34.7 Å². The van der Waals surface area contributed by atoms with E-state index in [4.69, 9.17) is 9.63 Å². The molecule has 1 aromatic carbocycles. The van der Waals surface area contributed by atoms with Gasteiger partial charge in [-0.2, -0.15) is 23.3 Å². The van der Waals surface area contributed by atoms with E-state index in [0.29, 0.717) is 25.3 Å². The number of carbonyl (C=O) groups is 1. The standard InChI is InChI=1S/C25H28F3N5O3/c1-24(2)8-6-17-19(11-24)32(3)30-20(17)22-29-21(31-36-22)15-5-4-14(18(10-15)25(26,27)28)7-9-33-12-16(13-33)23(34)35/h4-5,10,16H,6-9,11-13H2,1-3H3,(H,34,35). The quantitative estimate of drug-likeness (QED) is 0.538. The van der Waals surface area contributed by atoms with Gasteiger partial charge in [-0.3, -0.25) is 9.48 Å². The van der Waals surface area contributed by atoms with Crippen molar-refractivity contribution in [2.75, 3.05) is 19.6 Å². The molecule has 2 aliphatic rings. The summed E-state index contributed by atoms with van der Waals surface area (Å²) in [5.41, 5.74) is 2.53. The van der Waals surface area contributed by atoms with E-state index < -0.39 is 23.6 Å². The lowest BCUT2D eigenvalue weighted by Crippen LogP contribution is -2.50. The number of aryl methyl sites for hydroxylation is 1. The summed E-state index contributed by atoms with van der Waals surface area (Å²) in [5.74, 6) is -1.05. The van der Waals surface area contributed by atoms with Crippen LogP contribution in [0, 0.1) is 11.3 Å². The van der Waals surface area contributed by atoms with E-state index in [9.17, 15) is 18.0 Å². The van der Waals surface area contributed by atoms with Gasteiger partial charge < -0.3 is 14.5 Å². The van der Waals surface area contributed by atoms with E-state index >= 15 is 0 Å². The fraction of sp³-hybridized carbons (Fsp3) is 0.520. The summed E-state index contributed by atoms with van der Waals surface area (Å²) in [6, 6.07) is 4.05. The van der Waals surface area contributed by atoms with Crippen molar-refractivity contribution in [3.05, 3.63) is 40.6 Å². The summed E-state index contributed by atoms with van der Waals surface area (Å²) in [4.78, 5) is 17.2. The molecule has 8 nitrogen and oxygen atoms in total. The first kappa shape index (κ1) is 24.5. The van der Waals surface area contributed by atoms with Gasteiger partial charge in [0, 0.05) is 43.5 Å². The van der Waals surface area contributed by atoms with Crippen LogP contribution >= 0.6 is 0 Å². The van der Waals surface area contributed by atoms with Crippen LogP contribution in [-0.4, -0.2) is 55.5 Å². The highest BCUT2D eigenvalue weighted by atomic mass is 19.4. The lowest BCUT2D eigenvalue weighted by molar-refractivity contribution is -0.147. The average molecular weight is 504 g/mol. The molecule has 1 aliphatic carbocycles. The second kappa shape index (κ2) is 8.72. The van der Waals surface area contributed by atoms with Crippen LogP contribution in [0.15, 0.2) is 22.7 Å². The number of aromatic nitrogens is 4. The molecule has 11 heteroatoms. The summed E-state index contributed by atoms with van der Waals surface area (Å²) < 4.78 is 48.9. The highest BCUT2D eigenvalue weighted by Gasteiger charge is 2.36. The lowest BCUT2D eigenvalue weighted by Gasteiger charge is -2.36. The highest BCUT2D eigenvalue weighted by molar-refractivity contribution is 5.71. The number of alkyl halides is 3. The number of fused-ring (bicyclic) bond motifs is 1. The number of rotatable bonds is 6. The minimum absolute atomic E-state index is 0.0737. The predicted octanol–water partition coefficient (Wildman–Crippen LogP) is 4.23. The molecule has 36 heavy (non-hydrogen) atoms. The van der Waals surface area contributed by atoms with Crippen LogP contribution in [0.25, 0.3) is 23.0 Å². The molecule has 1 aliphatic heterocycles. The molecule has 1 saturated heterocycles. The van der Waals surface area contributed by atoms with E-state index in [2.05, 4.69) is 29.1 Å². The Kier molecular flexibility index (Phi) is 5.93. The van der Waals surface area contributed by atoms with Gasteiger partial charge in [-0.1, -0.05) is 31.1 Å². The molecule has 0 spiro atoms. The second-order valence-corrected chi connectivity index (χ2v) is 10.6. The molecule has 3 aromatic rings. The zero-order chi connectivity index (χ0) is 25.8. The van der Waals surface area contributed by atoms with Crippen LogP contribution in [0.2, 0.25) is 0 Å². The third-order valence-corrected chi connectivity index (χ3v) is 7.28. The maximum Gasteiger partial charge on any atom is 0.416 e. The number of carboxylic acid groups (broad SMARTS) is 1. The van der Waals surface area contributed by atoms with E-state index in [1.165, 1.54) is 6.07 Å². The summed E-state index contributed by atoms with van der Waals surface area (Å²) in [6.45, 7) is 5.50. The number of likely N-dealkylation sites (tertiary alicyclic amines) is 1. The molecule has 5 rings (SSSR count). The van der Waals surface area contributed by atoms with E-state index in [0.717, 1.165) is 36.6 Å². The molecule has 0 amide bonds. The summed E-state index contributed by atoms with van der Waals surface area (Å²) in [7, 11) is 1.87. The first-order chi connectivity index (χ1) is 16.9. The van der Waals surface area contributed by atoms with E-state index in [1.54, 1.807) is 6.07 Å². The minimum atomic E-state index is -4.55. The van der Waals surface area contributed by atoms with Crippen molar-refractivity contribution >= 4 is 5.97 Å². The van der Waals surface area contributed by atoms with Crippen LogP contribution in [0.4, 0.5) is 13.2 Å². The van der Waals surface area contributed by atoms with Gasteiger partial charge in [0.05, 0.1) is 11.5 Å². The highest BCUT2D eigenvalue weighted by Crippen LogP contribution is 2.39. The summed E-state index contributed by atoms with van der Waals surface area (Å²) in [6.07, 6.45) is -1.71. The van der Waals surface area contributed by atoms with Crippen LogP contribution < -0.4 is 0 Å². The van der Waals surface area contributed by atoms with Gasteiger partial charge in [0.25, 0.3) is 5.89 Å². The number of halogens is 3. The molecule has 1 N–H and O–H groups in total. The van der Waals surface area contributed by atoms with Gasteiger partial charge in [0.2, 0.25) is 5.82 Å². The van der Waals surface area contributed by atoms with Crippen LogP contribution in [-0.2, 0) is 37.3 Å². The van der Waals surface area contributed by atoms with Crippen molar-refractivity contribution in [3.63, 3.8) is 0 Å². The lowest BCUT2D eigenvalue weighted by atomic mass is 9.76. The fourth-order valence-corrected chi connectivity index (χ4v) is 5.08. The Balaban J connectivity index is 1.38. The van der Waals surface area contributed by atoms with Crippen molar-refractivity contribution in [1.82, 2.24) is 24.8 Å². The van der Waals surface area contributed by atoms with Crippen LogP contribution in [0.5, 0.6) is 0 Å². The fourth-order valence-electron chi connectivity index (χ4n) is 5.08. The second-order valence-electron chi connectivity index (χ2n) is 10.6. The molecule has 0 atom stereocenters. The Hall–Kier alpha value is -3.21. The van der Waals surface area contributed by atoms with Gasteiger partial charge in [0.1, 0.15) is 0 Å². The largest absolute Gasteiger partial charge is 0.481 e. The molecule has 192 valence electrons. The third-order valence-electron chi connectivity index (χ3n) is 7.28. The van der Waals surface area contributed by atoms with Crippen molar-refractivity contribution < 1.29 is 27.6 Å². The Bertz CT molecular complexity index is 1300. The number of carboxylic acids is 1. The first-order valence-corrected chi connectivity index (χ1v) is 12.0. The molecular weight excluding hydrogens is 475 g/mol. The Morgan fingerprint density at radius 1 is 1.28 bits per heavy atom. The zero-order valence-electron chi connectivity index (χ0n) is 20.4. The maximum absolute atomic E-state index is 13.9. The van der Waals surface area contributed by atoms with Gasteiger partial charge in [-0.25, -0.2) is 0 Å². The topological polar surface area (TPSA) is 97.3 Å². The molecule has 0 radical (unpaired) electrons. The SMILES string of the molecule is Cn1nc(-c2nc(-c3ccc(CCN4CC(C(=O)O)C4)c(C(F)(F)F)c3)no2)c2c1CC(C)(C)CC2. The van der Waals surface area contributed by atoms with Crippen LogP contribution in [0.3, 0.4) is 0 Å². The molecular formula is C25H28F3N5O3. The van der Waals surface area contributed by atoms with Gasteiger partial charge in [-0.15, -0.1) is 0 Å². The number of hydrogen-bond acceptors (Lipinski definition) is 6. The Morgan fingerprint density at radius 2 is 2.03 bits per heavy atom. The smallest absolute Gasteiger partial charge is 0.416 e. The van der Waals surface area contributed by atoms with Crippen molar-refractivity contribution in [3.8, 4) is 23.0 Å². The van der Waals surface area contributed by atoms with E-state index in [1.807, 2.05) is 16.6 Å². The van der Waals surface area contributed by atoms with Crippen molar-refractivity contribution in [2.45, 2.75) is 45.7 Å². The monoisotopic (exact) mass is 503 g/mol. The molecule has 1 fully saturated rings. The first-order valence-electron chi connectivity index (χ1n) is 12.0. The zero-order valence-corrected chi connectivity index (χ0v) is 20.4. The van der Waals surface area contributed by atoms with Gasteiger partial charge in [-0.05, 0) is 42.7 Å². The Morgan fingerprint density at radius 3 is 2.72 bits per heavy atom. The average Bonchev–Trinajstić information content (AvgIpc) is 3.36.